The number of anilines is 1. The van der Waals surface area contributed by atoms with Gasteiger partial charge in [-0.1, -0.05) is 11.6 Å². The van der Waals surface area contributed by atoms with Crippen LogP contribution >= 0.6 is 22.9 Å². The van der Waals surface area contributed by atoms with Gasteiger partial charge in [-0.2, -0.15) is 13.2 Å². The lowest BCUT2D eigenvalue weighted by Gasteiger charge is -2.26. The number of amides is 5. The van der Waals surface area contributed by atoms with Crippen LogP contribution in [0.1, 0.15) is 29.7 Å². The van der Waals surface area contributed by atoms with Crippen molar-refractivity contribution in [3.63, 3.8) is 0 Å². The number of thiophene rings is 1. The smallest absolute Gasteiger partial charge is 0.369 e. The number of nitrogens with zero attached hydrogens (tertiary/aromatic N) is 3. The fraction of sp³-hybridized carbons (Fsp3) is 0.381. The molecule has 1 fully saturated rings. The monoisotopic (exact) mass is 627 g/mol. The molecule has 0 radical (unpaired) electrons. The van der Waals surface area contributed by atoms with Gasteiger partial charge < -0.3 is 11.1 Å². The van der Waals surface area contributed by atoms with Crippen LogP contribution in [0, 0.1) is 0 Å². The number of halogens is 4. The quantitative estimate of drug-likeness (QED) is 0.183. The minimum absolute atomic E-state index is 0.0166. The van der Waals surface area contributed by atoms with Gasteiger partial charge in [0.2, 0.25) is 17.7 Å². The van der Waals surface area contributed by atoms with Crippen molar-refractivity contribution < 1.29 is 40.8 Å². The van der Waals surface area contributed by atoms with Crippen LogP contribution in [0.15, 0.2) is 28.6 Å². The molecule has 1 aliphatic heterocycles. The number of hydrogen-bond donors (Lipinski definition) is 4. The Morgan fingerprint density at radius 2 is 1.80 bits per heavy atom. The summed E-state index contributed by atoms with van der Waals surface area (Å²) in [7, 11) is -1.18. The molecule has 0 atom stereocenters. The van der Waals surface area contributed by atoms with E-state index in [1.54, 1.807) is 6.07 Å². The highest BCUT2D eigenvalue weighted by molar-refractivity contribution is 7.91. The van der Waals surface area contributed by atoms with Crippen molar-refractivity contribution in [1.29, 1.82) is 0 Å². The molecule has 5 N–H and O–H groups in total. The van der Waals surface area contributed by atoms with E-state index in [-0.39, 0.29) is 47.4 Å². The second-order valence-electron chi connectivity index (χ2n) is 8.03. The van der Waals surface area contributed by atoms with E-state index in [1.165, 1.54) is 20.2 Å². The van der Waals surface area contributed by atoms with Crippen molar-refractivity contribution in [3.8, 4) is 0 Å². The van der Waals surface area contributed by atoms with E-state index >= 15 is 0 Å². The lowest BCUT2D eigenvalue weighted by molar-refractivity contribution is -0.141. The highest BCUT2D eigenvalue weighted by Gasteiger charge is 2.33. The predicted molar refractivity (Wildman–Crippen MR) is 138 cm³/mol. The molecule has 0 aliphatic carbocycles. The third-order valence-electron chi connectivity index (χ3n) is 5.09. The molecule has 0 bridgehead atoms. The van der Waals surface area contributed by atoms with Gasteiger partial charge in [-0.05, 0) is 24.6 Å². The number of nitrogens with one attached hydrogen (secondary N) is 3. The second kappa shape index (κ2) is 13.8. The number of carbonyl (C=O) groups excluding carboxylic acids is 4. The summed E-state index contributed by atoms with van der Waals surface area (Å²) >= 11 is 6.75. The van der Waals surface area contributed by atoms with Crippen LogP contribution in [0.2, 0.25) is 5.02 Å². The Bertz CT molecular complexity index is 1350. The Balaban J connectivity index is 0.000000425. The van der Waals surface area contributed by atoms with Crippen molar-refractivity contribution >= 4 is 62.5 Å². The van der Waals surface area contributed by atoms with E-state index in [2.05, 4.69) is 15.7 Å². The van der Waals surface area contributed by atoms with Crippen molar-refractivity contribution in [3.05, 3.63) is 39.9 Å². The van der Waals surface area contributed by atoms with Crippen molar-refractivity contribution in [2.24, 2.45) is 5.73 Å². The third-order valence-corrected chi connectivity index (χ3v) is 8.23. The number of pyridine rings is 1. The van der Waals surface area contributed by atoms with Gasteiger partial charge in [0.1, 0.15) is 16.4 Å². The van der Waals surface area contributed by atoms with E-state index in [1.807, 2.05) is 4.83 Å². The van der Waals surface area contributed by atoms with E-state index in [0.717, 1.165) is 27.2 Å². The highest BCUT2D eigenvalue weighted by Crippen LogP contribution is 2.32. The zero-order valence-electron chi connectivity index (χ0n) is 21.0. The average molecular weight is 628 g/mol. The topological polar surface area (TPSA) is 184 Å². The molecule has 0 unspecified atom stereocenters. The molecule has 40 heavy (non-hydrogen) atoms. The first kappa shape index (κ1) is 32.9. The van der Waals surface area contributed by atoms with Gasteiger partial charge in [0.05, 0.1) is 10.6 Å². The SMILES string of the molecule is CN1C(=O)CC(=O)N(C)C1=O.NCc1ccc(S(=O)(=O)NNC(=O)CCCNc2ncc(C(F)(F)F)cc2Cl)s1. The normalized spacial score (nSPS) is 14.1. The molecule has 2 aromatic heterocycles. The van der Waals surface area contributed by atoms with E-state index in [9.17, 15) is 40.8 Å². The number of hydrazine groups is 1. The Labute approximate surface area is 235 Å². The molecule has 3 heterocycles. The van der Waals surface area contributed by atoms with Crippen molar-refractivity contribution in [2.75, 3.05) is 26.0 Å². The first-order chi connectivity index (χ1) is 18.6. The summed E-state index contributed by atoms with van der Waals surface area (Å²) in [6.07, 6.45) is -3.90. The number of barbiturate groups is 1. The molecule has 1 aliphatic rings. The molecule has 0 spiro atoms. The van der Waals surface area contributed by atoms with Crippen molar-refractivity contribution in [2.45, 2.75) is 36.2 Å². The fourth-order valence-electron chi connectivity index (χ4n) is 2.83. The van der Waals surface area contributed by atoms with Gasteiger partial charge in [0.15, 0.2) is 0 Å². The number of carbonyl (C=O) groups is 4. The summed E-state index contributed by atoms with van der Waals surface area (Å²) in [6, 6.07) is 3.14. The number of nitrogens with two attached hydrogens (primary N) is 1. The standard InChI is InChI=1S/C15H17ClF3N5O3S2.C6H8N2O3/c16-11-6-9(15(17,18)19)8-22-14(11)21-5-1-2-12(25)23-24-29(26,27)13-4-3-10(7-20)28-13;1-7-4(9)3-5(10)8(2)6(7)11/h3-4,6,8,24H,1-2,5,7,20H2,(H,21,22)(H,23,25);3H2,1-2H3. The maximum Gasteiger partial charge on any atom is 0.417 e. The number of alkyl halides is 3. The van der Waals surface area contributed by atoms with Crippen LogP contribution in [0.4, 0.5) is 23.8 Å². The van der Waals surface area contributed by atoms with Gasteiger partial charge in [0.25, 0.3) is 10.0 Å². The highest BCUT2D eigenvalue weighted by atomic mass is 35.5. The summed E-state index contributed by atoms with van der Waals surface area (Å²) in [5, 5.41) is 2.51. The number of urea groups is 1. The number of rotatable bonds is 9. The van der Waals surface area contributed by atoms with Crippen LogP contribution < -0.4 is 21.3 Å². The molecule has 5 amide bonds. The molecular formula is C21H25ClF3N7O6S2. The number of imide groups is 2. The van der Waals surface area contributed by atoms with E-state index < -0.39 is 45.5 Å². The zero-order chi connectivity index (χ0) is 30.3. The Hall–Kier alpha value is -3.32. The molecule has 2 aromatic rings. The minimum atomic E-state index is -4.55. The van der Waals surface area contributed by atoms with Gasteiger partial charge in [-0.15, -0.1) is 16.2 Å². The maximum absolute atomic E-state index is 12.6. The summed E-state index contributed by atoms with van der Waals surface area (Å²) in [6.45, 7) is 0.389. The van der Waals surface area contributed by atoms with Crippen LogP contribution in [-0.4, -0.2) is 67.6 Å². The summed E-state index contributed by atoms with van der Waals surface area (Å²) in [5.41, 5.74) is 6.55. The molecule has 220 valence electrons. The molecule has 13 nitrogen and oxygen atoms in total. The lowest BCUT2D eigenvalue weighted by atomic mass is 10.2. The maximum atomic E-state index is 12.6. The molecule has 0 aromatic carbocycles. The first-order valence-corrected chi connectivity index (χ1v) is 13.9. The summed E-state index contributed by atoms with van der Waals surface area (Å²) in [4.78, 5) is 52.5. The van der Waals surface area contributed by atoms with Gasteiger partial charge >= 0.3 is 12.2 Å². The van der Waals surface area contributed by atoms with Crippen LogP contribution in [0.3, 0.4) is 0 Å². The lowest BCUT2D eigenvalue weighted by Crippen LogP contribution is -2.51. The molecule has 0 saturated carbocycles. The number of hydrogen-bond acceptors (Lipinski definition) is 10. The predicted octanol–water partition coefficient (Wildman–Crippen LogP) is 1.90. The first-order valence-electron chi connectivity index (χ1n) is 11.2. The minimum Gasteiger partial charge on any atom is -0.369 e. The van der Waals surface area contributed by atoms with E-state index in [4.69, 9.17) is 17.3 Å². The summed E-state index contributed by atoms with van der Waals surface area (Å²) < 4.78 is 61.8. The van der Waals surface area contributed by atoms with E-state index in [0.29, 0.717) is 11.1 Å². The Kier molecular flexibility index (Phi) is 11.4. The average Bonchev–Trinajstić information content (AvgIpc) is 3.39. The van der Waals surface area contributed by atoms with Crippen LogP contribution in [-0.2, 0) is 37.1 Å². The third kappa shape index (κ3) is 9.12. The Morgan fingerprint density at radius 3 is 2.33 bits per heavy atom. The van der Waals surface area contributed by atoms with Gasteiger partial charge in [-0.3, -0.25) is 29.6 Å². The largest absolute Gasteiger partial charge is 0.417 e. The van der Waals surface area contributed by atoms with Crippen LogP contribution in [0.5, 0.6) is 0 Å². The van der Waals surface area contributed by atoms with Gasteiger partial charge in [-0.25, -0.2) is 18.2 Å². The molecule has 1 saturated heterocycles. The number of sulfonamides is 1. The van der Waals surface area contributed by atoms with Crippen molar-refractivity contribution in [1.82, 2.24) is 25.0 Å². The fourth-order valence-corrected chi connectivity index (χ4v) is 5.16. The molecular weight excluding hydrogens is 603 g/mol. The summed E-state index contributed by atoms with van der Waals surface area (Å²) in [5.74, 6) is -1.43. The molecule has 3 rings (SSSR count). The van der Waals surface area contributed by atoms with Gasteiger partial charge in [0, 0.05) is 44.7 Å². The zero-order valence-corrected chi connectivity index (χ0v) is 23.4. The number of aromatic nitrogens is 1. The van der Waals surface area contributed by atoms with Crippen LogP contribution in [0.25, 0.3) is 0 Å². The Morgan fingerprint density at radius 1 is 1.18 bits per heavy atom. The molecule has 19 heteroatoms. The second-order valence-corrected chi connectivity index (χ2v) is 11.5.